The molecule has 0 atom stereocenters. The number of aryl methyl sites for hydroxylation is 1. The van der Waals surface area contributed by atoms with E-state index in [0.29, 0.717) is 18.5 Å². The van der Waals surface area contributed by atoms with Gasteiger partial charge in [-0.05, 0) is 18.6 Å². The molecule has 1 amide bonds. The largest absolute Gasteiger partial charge is 0.356 e. The molecule has 5 nitrogen and oxygen atoms in total. The van der Waals surface area contributed by atoms with Crippen molar-refractivity contribution in [2.24, 2.45) is 0 Å². The highest BCUT2D eigenvalue weighted by Crippen LogP contribution is 2.16. The van der Waals surface area contributed by atoms with Gasteiger partial charge in [0.2, 0.25) is 5.91 Å². The number of hydrogen-bond donors (Lipinski definition) is 1. The van der Waals surface area contributed by atoms with Crippen LogP contribution in [-0.2, 0) is 17.8 Å². The van der Waals surface area contributed by atoms with Crippen LogP contribution in [0.15, 0.2) is 54.6 Å². The molecule has 1 heterocycles. The molecule has 0 saturated heterocycles. The Bertz CT molecular complexity index is 916. The first-order valence-corrected chi connectivity index (χ1v) is 9.48. The van der Waals surface area contributed by atoms with Crippen molar-refractivity contribution < 1.29 is 9.59 Å². The number of Topliss-reactive ketones (excluding diaryl/α,β-unsaturated/α-hetero) is 1. The number of carbonyl (C=O) groups is 2. The second kappa shape index (κ2) is 9.12. The monoisotopic (exact) mass is 363 g/mol. The highest BCUT2D eigenvalue weighted by Gasteiger charge is 2.11. The van der Waals surface area contributed by atoms with E-state index in [0.717, 1.165) is 29.8 Å². The molecule has 1 N–H and O–H groups in total. The number of fused-ring (bicyclic) bond motifs is 1. The number of imidazole rings is 1. The van der Waals surface area contributed by atoms with Crippen LogP contribution in [0, 0.1) is 0 Å². The van der Waals surface area contributed by atoms with E-state index in [-0.39, 0.29) is 24.5 Å². The van der Waals surface area contributed by atoms with Crippen molar-refractivity contribution >= 4 is 22.7 Å². The molecule has 0 radical (unpaired) electrons. The molecule has 2 aromatic carbocycles. The minimum atomic E-state index is -0.0996. The van der Waals surface area contributed by atoms with E-state index in [1.54, 1.807) is 12.1 Å². The Hall–Kier alpha value is -2.95. The summed E-state index contributed by atoms with van der Waals surface area (Å²) in [5, 5.41) is 2.91. The number of nitrogens with one attached hydrogen (secondary N) is 1. The Morgan fingerprint density at radius 2 is 1.74 bits per heavy atom. The molecule has 0 spiro atoms. The molecule has 3 aromatic rings. The summed E-state index contributed by atoms with van der Waals surface area (Å²) in [6.45, 7) is 3.57. The fourth-order valence-corrected chi connectivity index (χ4v) is 3.19. The van der Waals surface area contributed by atoms with Gasteiger partial charge in [0.25, 0.3) is 0 Å². The molecule has 0 aliphatic heterocycles. The van der Waals surface area contributed by atoms with Crippen LogP contribution in [0.2, 0.25) is 0 Å². The van der Waals surface area contributed by atoms with Crippen molar-refractivity contribution in [3.8, 4) is 0 Å². The van der Waals surface area contributed by atoms with E-state index in [9.17, 15) is 9.59 Å². The van der Waals surface area contributed by atoms with Crippen LogP contribution in [0.25, 0.3) is 11.0 Å². The lowest BCUT2D eigenvalue weighted by atomic mass is 10.1. The molecule has 5 heteroatoms. The molecule has 0 aliphatic rings. The van der Waals surface area contributed by atoms with E-state index in [2.05, 4.69) is 22.9 Å². The molecule has 0 bridgehead atoms. The topological polar surface area (TPSA) is 64.0 Å². The van der Waals surface area contributed by atoms with E-state index < -0.39 is 0 Å². The Balaban J connectivity index is 1.51. The van der Waals surface area contributed by atoms with Crippen LogP contribution in [0.4, 0.5) is 0 Å². The summed E-state index contributed by atoms with van der Waals surface area (Å²) in [5.41, 5.74) is 2.77. The molecule has 3 rings (SSSR count). The average molecular weight is 363 g/mol. The van der Waals surface area contributed by atoms with Crippen molar-refractivity contribution in [2.75, 3.05) is 6.54 Å². The maximum atomic E-state index is 12.1. The van der Waals surface area contributed by atoms with Gasteiger partial charge in [0, 0.05) is 37.9 Å². The predicted molar refractivity (Wildman–Crippen MR) is 107 cm³/mol. The van der Waals surface area contributed by atoms with Gasteiger partial charge in [0.05, 0.1) is 11.0 Å². The number of nitrogens with zero attached hydrogens (tertiary/aromatic N) is 2. The van der Waals surface area contributed by atoms with Crippen LogP contribution in [0.3, 0.4) is 0 Å². The summed E-state index contributed by atoms with van der Waals surface area (Å²) < 4.78 is 2.22. The maximum Gasteiger partial charge on any atom is 0.220 e. The summed E-state index contributed by atoms with van der Waals surface area (Å²) >= 11 is 0. The summed E-state index contributed by atoms with van der Waals surface area (Å²) in [6, 6.07) is 17.2. The minimum Gasteiger partial charge on any atom is -0.356 e. The second-order valence-corrected chi connectivity index (χ2v) is 6.56. The zero-order chi connectivity index (χ0) is 19.1. The molecule has 0 fully saturated rings. The van der Waals surface area contributed by atoms with Crippen molar-refractivity contribution in [1.29, 1.82) is 0 Å². The number of hydrogen-bond acceptors (Lipinski definition) is 3. The molecule has 140 valence electrons. The molecule has 0 unspecified atom stereocenters. The first kappa shape index (κ1) is 18.8. The number of aromatic nitrogens is 2. The molecule has 1 aromatic heterocycles. The minimum absolute atomic E-state index is 0.00418. The van der Waals surface area contributed by atoms with E-state index in [4.69, 9.17) is 4.98 Å². The quantitative estimate of drug-likeness (QED) is 0.589. The van der Waals surface area contributed by atoms with E-state index in [1.165, 1.54) is 0 Å². The van der Waals surface area contributed by atoms with Gasteiger partial charge in [-0.2, -0.15) is 0 Å². The van der Waals surface area contributed by atoms with Crippen molar-refractivity contribution in [3.05, 3.63) is 66.0 Å². The van der Waals surface area contributed by atoms with Gasteiger partial charge in [-0.3, -0.25) is 9.59 Å². The van der Waals surface area contributed by atoms with Crippen LogP contribution in [0.1, 0.15) is 42.4 Å². The highest BCUT2D eigenvalue weighted by molar-refractivity contribution is 5.97. The summed E-state index contributed by atoms with van der Waals surface area (Å²) in [6.07, 6.45) is 2.14. The lowest BCUT2D eigenvalue weighted by molar-refractivity contribution is -0.121. The summed E-state index contributed by atoms with van der Waals surface area (Å²) in [5.74, 6) is 0.881. The number of carbonyl (C=O) groups excluding carboxylic acids is 2. The Labute approximate surface area is 159 Å². The lowest BCUT2D eigenvalue weighted by Gasteiger charge is -2.09. The number of amides is 1. The molecular weight excluding hydrogens is 338 g/mol. The van der Waals surface area contributed by atoms with Crippen LogP contribution < -0.4 is 5.32 Å². The molecule has 0 saturated carbocycles. The maximum absolute atomic E-state index is 12.1. The number of para-hydroxylation sites is 2. The second-order valence-electron chi connectivity index (χ2n) is 6.56. The number of rotatable bonds is 9. The van der Waals surface area contributed by atoms with Gasteiger partial charge in [-0.15, -0.1) is 0 Å². The van der Waals surface area contributed by atoms with Gasteiger partial charge in [-0.1, -0.05) is 49.4 Å². The standard InChI is InChI=1S/C22H25N3O2/c1-2-16-25-19-11-7-6-10-18(19)24-21(25)14-15-23-22(27)13-12-20(26)17-8-4-3-5-9-17/h3-11H,2,12-16H2,1H3,(H,23,27). The van der Waals surface area contributed by atoms with E-state index >= 15 is 0 Å². The Morgan fingerprint density at radius 3 is 2.52 bits per heavy atom. The van der Waals surface area contributed by atoms with Crippen LogP contribution in [-0.4, -0.2) is 27.8 Å². The highest BCUT2D eigenvalue weighted by atomic mass is 16.2. The zero-order valence-corrected chi connectivity index (χ0v) is 15.6. The fourth-order valence-electron chi connectivity index (χ4n) is 3.19. The van der Waals surface area contributed by atoms with Gasteiger partial charge in [-0.25, -0.2) is 4.98 Å². The molecular formula is C22H25N3O2. The van der Waals surface area contributed by atoms with Crippen molar-refractivity contribution in [3.63, 3.8) is 0 Å². The zero-order valence-electron chi connectivity index (χ0n) is 15.6. The van der Waals surface area contributed by atoms with Crippen molar-refractivity contribution in [1.82, 2.24) is 14.9 Å². The van der Waals surface area contributed by atoms with Gasteiger partial charge < -0.3 is 9.88 Å². The Kier molecular flexibility index (Phi) is 6.36. The number of benzene rings is 2. The smallest absolute Gasteiger partial charge is 0.220 e. The summed E-state index contributed by atoms with van der Waals surface area (Å²) in [7, 11) is 0. The third kappa shape index (κ3) is 4.82. The SMILES string of the molecule is CCCn1c(CCNC(=O)CCC(=O)c2ccccc2)nc2ccccc21. The normalized spacial score (nSPS) is 10.9. The third-order valence-electron chi connectivity index (χ3n) is 4.53. The van der Waals surface area contributed by atoms with Gasteiger partial charge in [0.1, 0.15) is 5.82 Å². The average Bonchev–Trinajstić information content (AvgIpc) is 3.05. The van der Waals surface area contributed by atoms with Crippen molar-refractivity contribution in [2.45, 2.75) is 39.2 Å². The molecule has 0 aliphatic carbocycles. The lowest BCUT2D eigenvalue weighted by Crippen LogP contribution is -2.26. The Morgan fingerprint density at radius 1 is 1.00 bits per heavy atom. The van der Waals surface area contributed by atoms with Crippen LogP contribution >= 0.6 is 0 Å². The van der Waals surface area contributed by atoms with Crippen LogP contribution in [0.5, 0.6) is 0 Å². The number of ketones is 1. The van der Waals surface area contributed by atoms with Gasteiger partial charge >= 0.3 is 0 Å². The first-order valence-electron chi connectivity index (χ1n) is 9.48. The predicted octanol–water partition coefficient (Wildman–Crippen LogP) is 3.77. The first-order chi connectivity index (χ1) is 13.2. The molecule has 27 heavy (non-hydrogen) atoms. The summed E-state index contributed by atoms with van der Waals surface area (Å²) in [4.78, 5) is 28.8. The van der Waals surface area contributed by atoms with Gasteiger partial charge in [0.15, 0.2) is 5.78 Å². The third-order valence-corrected chi connectivity index (χ3v) is 4.53. The van der Waals surface area contributed by atoms with E-state index in [1.807, 2.05) is 36.4 Å². The fraction of sp³-hybridized carbons (Fsp3) is 0.318.